The van der Waals surface area contributed by atoms with Gasteiger partial charge in [-0.2, -0.15) is 0 Å². The SMILES string of the molecule is O=C(/C=C/c1ccco1)Oc1ccc2ocnc2c1. The van der Waals surface area contributed by atoms with Gasteiger partial charge >= 0.3 is 5.97 Å². The van der Waals surface area contributed by atoms with Crippen LogP contribution in [0.1, 0.15) is 5.76 Å². The first kappa shape index (κ1) is 11.3. The van der Waals surface area contributed by atoms with Crippen LogP contribution in [0.4, 0.5) is 0 Å². The van der Waals surface area contributed by atoms with Gasteiger partial charge in [0, 0.05) is 12.1 Å². The minimum Gasteiger partial charge on any atom is -0.465 e. The Bertz CT molecular complexity index is 725. The van der Waals surface area contributed by atoms with Crippen LogP contribution in [0.15, 0.2) is 57.9 Å². The average molecular weight is 255 g/mol. The van der Waals surface area contributed by atoms with Gasteiger partial charge in [-0.3, -0.25) is 0 Å². The molecule has 0 bridgehead atoms. The lowest BCUT2D eigenvalue weighted by molar-refractivity contribution is -0.128. The number of carbonyl (C=O) groups is 1. The van der Waals surface area contributed by atoms with Crippen molar-refractivity contribution < 1.29 is 18.4 Å². The van der Waals surface area contributed by atoms with Crippen molar-refractivity contribution in [3.8, 4) is 5.75 Å². The molecule has 1 aromatic carbocycles. The predicted molar refractivity (Wildman–Crippen MR) is 67.4 cm³/mol. The van der Waals surface area contributed by atoms with Crippen molar-refractivity contribution in [2.45, 2.75) is 0 Å². The van der Waals surface area contributed by atoms with E-state index in [2.05, 4.69) is 4.98 Å². The first-order valence-electron chi connectivity index (χ1n) is 5.58. The van der Waals surface area contributed by atoms with E-state index in [1.54, 1.807) is 30.3 Å². The molecule has 0 radical (unpaired) electrons. The standard InChI is InChI=1S/C14H9NO4/c16-14(6-4-10-2-1-7-17-10)19-11-3-5-13-12(8-11)15-9-18-13/h1-9H/b6-4+. The van der Waals surface area contributed by atoms with Crippen LogP contribution in [0, 0.1) is 0 Å². The van der Waals surface area contributed by atoms with Gasteiger partial charge in [-0.15, -0.1) is 0 Å². The molecule has 0 atom stereocenters. The highest BCUT2D eigenvalue weighted by Gasteiger charge is 2.04. The summed E-state index contributed by atoms with van der Waals surface area (Å²) in [6.07, 6.45) is 5.71. The van der Waals surface area contributed by atoms with Gasteiger partial charge < -0.3 is 13.6 Å². The third-order valence-corrected chi connectivity index (χ3v) is 2.45. The molecule has 0 aliphatic rings. The fourth-order valence-corrected chi connectivity index (χ4v) is 1.59. The number of carbonyl (C=O) groups excluding carboxylic acids is 1. The lowest BCUT2D eigenvalue weighted by atomic mass is 10.3. The summed E-state index contributed by atoms with van der Waals surface area (Å²) in [5.74, 6) is 0.513. The molecule has 19 heavy (non-hydrogen) atoms. The quantitative estimate of drug-likeness (QED) is 0.409. The number of nitrogens with zero attached hydrogens (tertiary/aromatic N) is 1. The highest BCUT2D eigenvalue weighted by Crippen LogP contribution is 2.19. The van der Waals surface area contributed by atoms with E-state index >= 15 is 0 Å². The van der Waals surface area contributed by atoms with Crippen LogP contribution in [0.3, 0.4) is 0 Å². The molecule has 3 aromatic rings. The zero-order chi connectivity index (χ0) is 13.1. The van der Waals surface area contributed by atoms with Crippen molar-refractivity contribution in [3.63, 3.8) is 0 Å². The van der Waals surface area contributed by atoms with Gasteiger partial charge in [-0.25, -0.2) is 9.78 Å². The monoisotopic (exact) mass is 255 g/mol. The maximum Gasteiger partial charge on any atom is 0.336 e. The van der Waals surface area contributed by atoms with E-state index in [0.29, 0.717) is 22.6 Å². The molecule has 0 spiro atoms. The topological polar surface area (TPSA) is 65.5 Å². The van der Waals surface area contributed by atoms with Gasteiger partial charge in [0.15, 0.2) is 12.0 Å². The van der Waals surface area contributed by atoms with Crippen molar-refractivity contribution >= 4 is 23.1 Å². The highest BCUT2D eigenvalue weighted by molar-refractivity contribution is 5.88. The third-order valence-electron chi connectivity index (χ3n) is 2.45. The highest BCUT2D eigenvalue weighted by atomic mass is 16.5. The normalized spacial score (nSPS) is 11.2. The maximum absolute atomic E-state index is 11.6. The molecule has 0 fully saturated rings. The summed E-state index contributed by atoms with van der Waals surface area (Å²) in [4.78, 5) is 15.6. The Morgan fingerprint density at radius 1 is 1.26 bits per heavy atom. The van der Waals surface area contributed by atoms with Gasteiger partial charge in [0.2, 0.25) is 0 Å². The van der Waals surface area contributed by atoms with E-state index in [4.69, 9.17) is 13.6 Å². The molecular formula is C14H9NO4. The Kier molecular flexibility index (Phi) is 2.86. The van der Waals surface area contributed by atoms with Crippen LogP contribution in [0.2, 0.25) is 0 Å². The van der Waals surface area contributed by atoms with Crippen molar-refractivity contribution in [1.82, 2.24) is 4.98 Å². The summed E-state index contributed by atoms with van der Waals surface area (Å²) in [5.41, 5.74) is 1.28. The number of esters is 1. The van der Waals surface area contributed by atoms with Crippen LogP contribution in [0.25, 0.3) is 17.2 Å². The number of ether oxygens (including phenoxy) is 1. The fourth-order valence-electron chi connectivity index (χ4n) is 1.59. The molecule has 0 aliphatic heterocycles. The lowest BCUT2D eigenvalue weighted by Crippen LogP contribution is -2.03. The summed E-state index contributed by atoms with van der Waals surface area (Å²) in [7, 11) is 0. The molecule has 3 rings (SSSR count). The zero-order valence-corrected chi connectivity index (χ0v) is 9.78. The van der Waals surface area contributed by atoms with E-state index in [1.165, 1.54) is 24.8 Å². The maximum atomic E-state index is 11.6. The first-order valence-corrected chi connectivity index (χ1v) is 5.58. The van der Waals surface area contributed by atoms with E-state index in [1.807, 2.05) is 0 Å². The molecule has 0 aliphatic carbocycles. The predicted octanol–water partition coefficient (Wildman–Crippen LogP) is 3.04. The van der Waals surface area contributed by atoms with Crippen molar-refractivity contribution in [3.05, 3.63) is 54.8 Å². The molecule has 5 nitrogen and oxygen atoms in total. The molecule has 0 saturated heterocycles. The number of furan rings is 1. The lowest BCUT2D eigenvalue weighted by Gasteiger charge is -1.99. The molecule has 94 valence electrons. The molecule has 0 unspecified atom stereocenters. The molecular weight excluding hydrogens is 246 g/mol. The number of rotatable bonds is 3. The smallest absolute Gasteiger partial charge is 0.336 e. The summed E-state index contributed by atoms with van der Waals surface area (Å²) in [6, 6.07) is 8.46. The Morgan fingerprint density at radius 2 is 2.21 bits per heavy atom. The van der Waals surface area contributed by atoms with Gasteiger partial charge in [0.25, 0.3) is 0 Å². The summed E-state index contributed by atoms with van der Waals surface area (Å²) >= 11 is 0. The van der Waals surface area contributed by atoms with E-state index in [-0.39, 0.29) is 0 Å². The average Bonchev–Trinajstić information content (AvgIpc) is 3.07. The minimum atomic E-state index is -0.487. The number of aromatic nitrogens is 1. The summed E-state index contributed by atoms with van der Waals surface area (Å²) in [5, 5.41) is 0. The molecule has 2 aromatic heterocycles. The van der Waals surface area contributed by atoms with Crippen LogP contribution in [-0.2, 0) is 4.79 Å². The van der Waals surface area contributed by atoms with Crippen molar-refractivity contribution in [2.75, 3.05) is 0 Å². The largest absolute Gasteiger partial charge is 0.465 e. The Labute approximate surface area is 108 Å². The third kappa shape index (κ3) is 2.55. The van der Waals surface area contributed by atoms with Gasteiger partial charge in [0.05, 0.1) is 6.26 Å². The molecule has 5 heteroatoms. The first-order chi connectivity index (χ1) is 9.31. The van der Waals surface area contributed by atoms with Crippen molar-refractivity contribution in [1.29, 1.82) is 0 Å². The minimum absolute atomic E-state index is 0.412. The van der Waals surface area contributed by atoms with Gasteiger partial charge in [0.1, 0.15) is 17.0 Å². The molecule has 0 N–H and O–H groups in total. The Balaban J connectivity index is 1.71. The van der Waals surface area contributed by atoms with Crippen LogP contribution >= 0.6 is 0 Å². The number of fused-ring (bicyclic) bond motifs is 1. The van der Waals surface area contributed by atoms with Crippen LogP contribution in [-0.4, -0.2) is 11.0 Å². The number of oxazole rings is 1. The molecule has 0 saturated carbocycles. The second-order valence-electron chi connectivity index (χ2n) is 3.75. The fraction of sp³-hybridized carbons (Fsp3) is 0. The zero-order valence-electron chi connectivity index (χ0n) is 9.78. The van der Waals surface area contributed by atoms with Crippen LogP contribution < -0.4 is 4.74 Å². The van der Waals surface area contributed by atoms with E-state index < -0.39 is 5.97 Å². The molecule has 2 heterocycles. The van der Waals surface area contributed by atoms with Crippen molar-refractivity contribution in [2.24, 2.45) is 0 Å². The second kappa shape index (κ2) is 4.81. The summed E-state index contributed by atoms with van der Waals surface area (Å²) in [6.45, 7) is 0. The van der Waals surface area contributed by atoms with E-state index in [0.717, 1.165) is 0 Å². The van der Waals surface area contributed by atoms with Crippen LogP contribution in [0.5, 0.6) is 5.75 Å². The van der Waals surface area contributed by atoms with Gasteiger partial charge in [-0.1, -0.05) is 0 Å². The van der Waals surface area contributed by atoms with Gasteiger partial charge in [-0.05, 0) is 30.3 Å². The number of hydrogen-bond acceptors (Lipinski definition) is 5. The Hall–Kier alpha value is -2.82. The second-order valence-corrected chi connectivity index (χ2v) is 3.75. The Morgan fingerprint density at radius 3 is 3.05 bits per heavy atom. The number of benzene rings is 1. The molecule has 0 amide bonds. The number of hydrogen-bond donors (Lipinski definition) is 0. The van der Waals surface area contributed by atoms with E-state index in [9.17, 15) is 4.79 Å². The summed E-state index contributed by atoms with van der Waals surface area (Å²) < 4.78 is 15.3.